The number of unbranched alkanes of at least 4 members (excludes halogenated alkanes) is 11. The van der Waals surface area contributed by atoms with E-state index in [0.717, 1.165) is 19.3 Å². The molecule has 1 N–H and O–H groups in total. The fraction of sp³-hybridized carbons (Fsp3) is 0.885. The molecule has 0 aromatic rings. The van der Waals surface area contributed by atoms with E-state index in [1.807, 2.05) is 19.9 Å². The molecule has 0 unspecified atom stereocenters. The Bertz CT molecular complexity index is 492. The van der Waals surface area contributed by atoms with Crippen LogP contribution >= 0.6 is 0 Å². The van der Waals surface area contributed by atoms with E-state index >= 15 is 0 Å². The van der Waals surface area contributed by atoms with E-state index in [1.165, 1.54) is 77.7 Å². The van der Waals surface area contributed by atoms with E-state index in [1.54, 1.807) is 0 Å². The molecule has 1 fully saturated rings. The summed E-state index contributed by atoms with van der Waals surface area (Å²) >= 11 is 0. The number of methoxy groups -OCH3 is 1. The van der Waals surface area contributed by atoms with Crippen LogP contribution in [0.1, 0.15) is 118 Å². The lowest BCUT2D eigenvalue weighted by Crippen LogP contribution is -2.46. The topological polar surface area (TPSA) is 56.8 Å². The van der Waals surface area contributed by atoms with Gasteiger partial charge in [0.05, 0.1) is 19.3 Å². The van der Waals surface area contributed by atoms with Crippen LogP contribution in [0.4, 0.5) is 4.79 Å². The summed E-state index contributed by atoms with van der Waals surface area (Å²) in [4.78, 5) is 11.8. The summed E-state index contributed by atoms with van der Waals surface area (Å²) in [5.74, 6) is -0.636. The monoisotopic (exact) mass is 439 g/mol. The highest BCUT2D eigenvalue weighted by atomic mass is 16.8. The molecule has 0 aliphatic carbocycles. The molecule has 5 nitrogen and oxygen atoms in total. The first-order valence-electron chi connectivity index (χ1n) is 12.8. The second-order valence-corrected chi connectivity index (χ2v) is 9.31. The maximum absolute atomic E-state index is 11.8. The number of amides is 1. The summed E-state index contributed by atoms with van der Waals surface area (Å²) in [5, 5.41) is 2.90. The van der Waals surface area contributed by atoms with Crippen LogP contribution in [0.25, 0.3) is 0 Å². The molecular weight excluding hydrogens is 390 g/mol. The van der Waals surface area contributed by atoms with Crippen LogP contribution in [0.5, 0.6) is 0 Å². The number of alkyl carbamates (subject to hydrolysis) is 1. The highest BCUT2D eigenvalue weighted by molar-refractivity contribution is 5.67. The van der Waals surface area contributed by atoms with Crippen molar-refractivity contribution in [2.45, 2.75) is 142 Å². The summed E-state index contributed by atoms with van der Waals surface area (Å²) in [6.45, 7) is 8.24. The number of rotatable bonds is 17. The normalized spacial score (nSPS) is 21.5. The standard InChI is InChI=1S/C26H49NO4/c1-6-8-10-11-12-13-14-15-16-17-18-19-21-23-24(31-26(3,4)30-23)22(20-9-7-2)27-25(28)29-5/h9,20,22-24H,6-8,10-19,21H2,1-5H3,(H,27,28)/b20-9+/t22-,23-,24-/m0/s1. The molecule has 1 heterocycles. The smallest absolute Gasteiger partial charge is 0.407 e. The average molecular weight is 440 g/mol. The van der Waals surface area contributed by atoms with Crippen molar-refractivity contribution in [1.29, 1.82) is 0 Å². The summed E-state index contributed by atoms with van der Waals surface area (Å²) in [7, 11) is 1.38. The van der Waals surface area contributed by atoms with Crippen molar-refractivity contribution >= 4 is 6.09 Å². The van der Waals surface area contributed by atoms with Crippen LogP contribution in [0.15, 0.2) is 12.2 Å². The van der Waals surface area contributed by atoms with E-state index in [2.05, 4.69) is 25.2 Å². The minimum atomic E-state index is -0.636. The summed E-state index contributed by atoms with van der Waals surface area (Å²) in [6, 6.07) is -0.253. The SMILES string of the molecule is CC/C=C/[C@H](NC(=O)OC)[C@@H]1OC(C)(C)O[C@H]1CCCCCCCCCCCCCC. The Labute approximate surface area is 191 Å². The molecule has 0 aromatic carbocycles. The van der Waals surface area contributed by atoms with Crippen molar-refractivity contribution in [2.24, 2.45) is 0 Å². The molecule has 182 valence electrons. The zero-order valence-electron chi connectivity index (χ0n) is 20.9. The number of hydrogen-bond donors (Lipinski definition) is 1. The zero-order valence-corrected chi connectivity index (χ0v) is 20.9. The molecule has 1 amide bonds. The minimum Gasteiger partial charge on any atom is -0.453 e. The van der Waals surface area contributed by atoms with Crippen LogP contribution in [0, 0.1) is 0 Å². The first-order valence-corrected chi connectivity index (χ1v) is 12.8. The third-order valence-electron chi connectivity index (χ3n) is 5.97. The highest BCUT2D eigenvalue weighted by Crippen LogP contribution is 2.33. The van der Waals surface area contributed by atoms with Crippen LogP contribution in [-0.2, 0) is 14.2 Å². The van der Waals surface area contributed by atoms with Gasteiger partial charge >= 0.3 is 6.09 Å². The first kappa shape index (κ1) is 28.0. The predicted octanol–water partition coefficient (Wildman–Crippen LogP) is 7.29. The Morgan fingerprint density at radius 3 is 2.00 bits per heavy atom. The van der Waals surface area contributed by atoms with Crippen LogP contribution in [-0.4, -0.2) is 37.2 Å². The largest absolute Gasteiger partial charge is 0.453 e. The van der Waals surface area contributed by atoms with Crippen LogP contribution in [0.2, 0.25) is 0 Å². The molecule has 1 rings (SSSR count). The van der Waals surface area contributed by atoms with Crippen LogP contribution < -0.4 is 5.32 Å². The number of hydrogen-bond acceptors (Lipinski definition) is 4. The second-order valence-electron chi connectivity index (χ2n) is 9.31. The van der Waals surface area contributed by atoms with Gasteiger partial charge in [-0.05, 0) is 26.7 Å². The van der Waals surface area contributed by atoms with Crippen molar-refractivity contribution in [2.75, 3.05) is 7.11 Å². The Kier molecular flexibility index (Phi) is 14.9. The second kappa shape index (κ2) is 16.5. The maximum atomic E-state index is 11.8. The molecule has 3 atom stereocenters. The van der Waals surface area contributed by atoms with Gasteiger partial charge in [-0.3, -0.25) is 0 Å². The number of carbonyl (C=O) groups is 1. The van der Waals surface area contributed by atoms with E-state index in [0.29, 0.717) is 0 Å². The van der Waals surface area contributed by atoms with E-state index in [-0.39, 0.29) is 18.2 Å². The van der Waals surface area contributed by atoms with Crippen molar-refractivity contribution in [3.8, 4) is 0 Å². The van der Waals surface area contributed by atoms with Crippen molar-refractivity contribution < 1.29 is 19.0 Å². The fourth-order valence-electron chi connectivity index (χ4n) is 4.29. The molecule has 1 aliphatic rings. The van der Waals surface area contributed by atoms with Gasteiger partial charge in [0, 0.05) is 0 Å². The van der Waals surface area contributed by atoms with Gasteiger partial charge < -0.3 is 19.5 Å². The highest BCUT2D eigenvalue weighted by Gasteiger charge is 2.44. The van der Waals surface area contributed by atoms with Gasteiger partial charge in [0.2, 0.25) is 0 Å². The Balaban J connectivity index is 2.32. The molecular formula is C26H49NO4. The lowest BCUT2D eigenvalue weighted by Gasteiger charge is -2.25. The third kappa shape index (κ3) is 12.5. The van der Waals surface area contributed by atoms with Gasteiger partial charge in [-0.15, -0.1) is 0 Å². The van der Waals surface area contributed by atoms with Gasteiger partial charge in [-0.1, -0.05) is 103 Å². The number of carbonyl (C=O) groups excluding carboxylic acids is 1. The van der Waals surface area contributed by atoms with Crippen LogP contribution in [0.3, 0.4) is 0 Å². The molecule has 1 aliphatic heterocycles. The quantitative estimate of drug-likeness (QED) is 0.191. The maximum Gasteiger partial charge on any atom is 0.407 e. The number of allylic oxidation sites excluding steroid dienone is 1. The van der Waals surface area contributed by atoms with Gasteiger partial charge in [-0.25, -0.2) is 4.79 Å². The lowest BCUT2D eigenvalue weighted by molar-refractivity contribution is -0.147. The van der Waals surface area contributed by atoms with Crippen molar-refractivity contribution in [1.82, 2.24) is 5.32 Å². The summed E-state index contributed by atoms with van der Waals surface area (Å²) < 4.78 is 17.2. The Hall–Kier alpha value is -1.07. The van der Waals surface area contributed by atoms with E-state index in [9.17, 15) is 4.79 Å². The van der Waals surface area contributed by atoms with Gasteiger partial charge in [0.25, 0.3) is 0 Å². The van der Waals surface area contributed by atoms with E-state index < -0.39 is 11.9 Å². The van der Waals surface area contributed by atoms with Gasteiger partial charge in [0.1, 0.15) is 6.10 Å². The molecule has 0 radical (unpaired) electrons. The summed E-state index contributed by atoms with van der Waals surface area (Å²) in [6.07, 6.45) is 21.3. The van der Waals surface area contributed by atoms with Gasteiger partial charge in [-0.2, -0.15) is 0 Å². The molecule has 0 spiro atoms. The fourth-order valence-corrected chi connectivity index (χ4v) is 4.29. The molecule has 1 saturated heterocycles. The lowest BCUT2D eigenvalue weighted by atomic mass is 9.98. The third-order valence-corrected chi connectivity index (χ3v) is 5.97. The average Bonchev–Trinajstić information content (AvgIpc) is 3.05. The first-order chi connectivity index (χ1) is 14.9. The Morgan fingerprint density at radius 1 is 0.935 bits per heavy atom. The summed E-state index contributed by atoms with van der Waals surface area (Å²) in [5.41, 5.74) is 0. The molecule has 0 bridgehead atoms. The molecule has 0 saturated carbocycles. The predicted molar refractivity (Wildman–Crippen MR) is 128 cm³/mol. The molecule has 31 heavy (non-hydrogen) atoms. The molecule has 0 aromatic heterocycles. The number of nitrogens with one attached hydrogen (secondary N) is 1. The zero-order chi connectivity index (χ0) is 23.0. The van der Waals surface area contributed by atoms with Gasteiger partial charge in [0.15, 0.2) is 5.79 Å². The molecule has 5 heteroatoms. The van der Waals surface area contributed by atoms with Crippen molar-refractivity contribution in [3.63, 3.8) is 0 Å². The van der Waals surface area contributed by atoms with E-state index in [4.69, 9.17) is 14.2 Å². The van der Waals surface area contributed by atoms with Crippen molar-refractivity contribution in [3.05, 3.63) is 12.2 Å². The Morgan fingerprint density at radius 2 is 1.48 bits per heavy atom. The minimum absolute atomic E-state index is 0.0261. The number of ether oxygens (including phenoxy) is 3.